The van der Waals surface area contributed by atoms with Gasteiger partial charge in [-0.2, -0.15) is 0 Å². The molecule has 24 heavy (non-hydrogen) atoms. The topological polar surface area (TPSA) is 54.9 Å². The minimum absolute atomic E-state index is 0. The maximum atomic E-state index is 12.1. The smallest absolute Gasteiger partial charge is 0.191 e. The minimum atomic E-state index is -0.332. The van der Waals surface area contributed by atoms with Gasteiger partial charge in [-0.15, -0.1) is 24.0 Å². The Kier molecular flexibility index (Phi) is 13.6. The lowest BCUT2D eigenvalue weighted by molar-refractivity contribution is 0.172. The predicted molar refractivity (Wildman–Crippen MR) is 107 cm³/mol. The van der Waals surface area contributed by atoms with Crippen molar-refractivity contribution in [2.24, 2.45) is 4.99 Å². The van der Waals surface area contributed by atoms with E-state index in [9.17, 15) is 4.39 Å². The number of nitrogens with zero attached hydrogens (tertiary/aromatic N) is 1. The molecule has 1 rings (SSSR count). The third-order valence-corrected chi connectivity index (χ3v) is 3.25. The molecule has 1 aromatic rings. The first kappa shape index (κ1) is 22.9. The first-order valence-electron chi connectivity index (χ1n) is 7.93. The summed E-state index contributed by atoms with van der Waals surface area (Å²) in [4.78, 5) is 4.12. The lowest BCUT2D eigenvalue weighted by Gasteiger charge is -2.15. The number of methoxy groups -OCH3 is 1. The summed E-state index contributed by atoms with van der Waals surface area (Å²) in [6.45, 7) is 4.16. The lowest BCUT2D eigenvalue weighted by atomic mass is 10.1. The highest BCUT2D eigenvalue weighted by atomic mass is 127. The number of halogens is 2. The van der Waals surface area contributed by atoms with Crippen LogP contribution in [0.1, 0.15) is 24.0 Å². The Bertz CT molecular complexity index is 487. The highest BCUT2D eigenvalue weighted by Crippen LogP contribution is 2.20. The van der Waals surface area contributed by atoms with Crippen molar-refractivity contribution in [2.75, 3.05) is 40.6 Å². The van der Waals surface area contributed by atoms with E-state index in [1.807, 2.05) is 19.1 Å². The highest BCUT2D eigenvalue weighted by molar-refractivity contribution is 14.0. The molecule has 0 fully saturated rings. The highest BCUT2D eigenvalue weighted by Gasteiger charge is 2.06. The number of benzene rings is 1. The molecule has 138 valence electrons. The molecule has 0 aliphatic heterocycles. The van der Waals surface area contributed by atoms with Crippen LogP contribution in [-0.4, -0.2) is 46.6 Å². The number of aliphatic imine (C=N–C) groups is 1. The van der Waals surface area contributed by atoms with Crippen LogP contribution in [0, 0.1) is 6.92 Å². The molecule has 0 radical (unpaired) electrons. The molecular formula is C17H29FIN3O2. The molecular weight excluding hydrogens is 424 g/mol. The van der Waals surface area contributed by atoms with Crippen LogP contribution in [0.3, 0.4) is 0 Å². The van der Waals surface area contributed by atoms with E-state index in [4.69, 9.17) is 9.47 Å². The van der Waals surface area contributed by atoms with Crippen molar-refractivity contribution in [3.05, 3.63) is 29.3 Å². The van der Waals surface area contributed by atoms with Gasteiger partial charge in [0.15, 0.2) is 5.96 Å². The summed E-state index contributed by atoms with van der Waals surface area (Å²) in [5, 5.41) is 6.29. The van der Waals surface area contributed by atoms with Crippen LogP contribution in [-0.2, 0) is 11.3 Å². The molecule has 0 saturated heterocycles. The zero-order valence-electron chi connectivity index (χ0n) is 14.7. The Labute approximate surface area is 161 Å². The van der Waals surface area contributed by atoms with Gasteiger partial charge in [-0.25, -0.2) is 0 Å². The van der Waals surface area contributed by atoms with Gasteiger partial charge in [0, 0.05) is 45.8 Å². The Hall–Kier alpha value is -1.09. The van der Waals surface area contributed by atoms with Crippen molar-refractivity contribution >= 4 is 29.9 Å². The van der Waals surface area contributed by atoms with Crippen LogP contribution >= 0.6 is 24.0 Å². The average molecular weight is 453 g/mol. The van der Waals surface area contributed by atoms with Crippen LogP contribution in [0.5, 0.6) is 5.75 Å². The molecule has 5 nitrogen and oxygen atoms in total. The third-order valence-electron chi connectivity index (χ3n) is 3.25. The molecule has 0 aliphatic carbocycles. The Morgan fingerprint density at radius 3 is 2.67 bits per heavy atom. The maximum absolute atomic E-state index is 12.1. The standard InChI is InChI=1S/C17H28FN3O2.HI/c1-14-6-7-15(16(12-14)23-11-5-10-22-3)13-21-17(19-2)20-9-4-8-18;/h6-7,12H,4-5,8-11,13H2,1-3H3,(H2,19,20,21);1H. The molecule has 0 saturated carbocycles. The van der Waals surface area contributed by atoms with E-state index in [1.165, 1.54) is 0 Å². The molecule has 2 N–H and O–H groups in total. The molecule has 0 amide bonds. The van der Waals surface area contributed by atoms with Crippen LogP contribution in [0.15, 0.2) is 23.2 Å². The van der Waals surface area contributed by atoms with Gasteiger partial charge in [0.25, 0.3) is 0 Å². The SMILES string of the molecule is CN=C(NCCCF)NCc1ccc(C)cc1OCCCOC.I. The van der Waals surface area contributed by atoms with Gasteiger partial charge in [0.2, 0.25) is 0 Å². The van der Waals surface area contributed by atoms with Crippen molar-refractivity contribution in [1.82, 2.24) is 10.6 Å². The second-order valence-electron chi connectivity index (χ2n) is 5.20. The van der Waals surface area contributed by atoms with Gasteiger partial charge in [-0.05, 0) is 25.0 Å². The van der Waals surface area contributed by atoms with Crippen LogP contribution in [0.2, 0.25) is 0 Å². The lowest BCUT2D eigenvalue weighted by Crippen LogP contribution is -2.37. The summed E-state index contributed by atoms with van der Waals surface area (Å²) in [6, 6.07) is 6.13. The van der Waals surface area contributed by atoms with Crippen molar-refractivity contribution in [1.29, 1.82) is 0 Å². The molecule has 0 aliphatic rings. The van der Waals surface area contributed by atoms with Crippen molar-refractivity contribution in [3.8, 4) is 5.75 Å². The van der Waals surface area contributed by atoms with E-state index in [0.717, 1.165) is 23.3 Å². The second kappa shape index (κ2) is 14.3. The Morgan fingerprint density at radius 2 is 2.00 bits per heavy atom. The number of guanidine groups is 1. The largest absolute Gasteiger partial charge is 0.493 e. The summed E-state index contributed by atoms with van der Waals surface area (Å²) < 4.78 is 23.0. The number of ether oxygens (including phenoxy) is 2. The first-order valence-corrected chi connectivity index (χ1v) is 7.93. The third kappa shape index (κ3) is 9.27. The number of hydrogen-bond acceptors (Lipinski definition) is 3. The van der Waals surface area contributed by atoms with Crippen molar-refractivity contribution in [2.45, 2.75) is 26.3 Å². The van der Waals surface area contributed by atoms with Crippen molar-refractivity contribution in [3.63, 3.8) is 0 Å². The van der Waals surface area contributed by atoms with Gasteiger partial charge in [0.1, 0.15) is 5.75 Å². The quantitative estimate of drug-likeness (QED) is 0.248. The summed E-state index contributed by atoms with van der Waals surface area (Å²) in [5.41, 5.74) is 2.21. The molecule has 0 spiro atoms. The van der Waals surface area contributed by atoms with E-state index in [-0.39, 0.29) is 30.7 Å². The molecule has 0 unspecified atom stereocenters. The van der Waals surface area contributed by atoms with Gasteiger partial charge in [-0.3, -0.25) is 9.38 Å². The zero-order valence-corrected chi connectivity index (χ0v) is 17.1. The average Bonchev–Trinajstić information content (AvgIpc) is 2.56. The van der Waals surface area contributed by atoms with Gasteiger partial charge < -0.3 is 20.1 Å². The number of nitrogens with one attached hydrogen (secondary N) is 2. The summed E-state index contributed by atoms with van der Waals surface area (Å²) in [5.74, 6) is 1.53. The molecule has 0 atom stereocenters. The van der Waals surface area contributed by atoms with Gasteiger partial charge in [-0.1, -0.05) is 12.1 Å². The number of aryl methyl sites for hydroxylation is 1. The Morgan fingerprint density at radius 1 is 1.21 bits per heavy atom. The fourth-order valence-electron chi connectivity index (χ4n) is 2.00. The predicted octanol–water partition coefficient (Wildman–Crippen LogP) is 3.05. The molecule has 0 bridgehead atoms. The Balaban J connectivity index is 0.00000529. The van der Waals surface area contributed by atoms with E-state index >= 15 is 0 Å². The van der Waals surface area contributed by atoms with E-state index in [0.29, 0.717) is 38.7 Å². The van der Waals surface area contributed by atoms with Gasteiger partial charge >= 0.3 is 0 Å². The normalized spacial score (nSPS) is 10.9. The zero-order chi connectivity index (χ0) is 16.9. The van der Waals surface area contributed by atoms with E-state index in [2.05, 4.69) is 21.7 Å². The van der Waals surface area contributed by atoms with Crippen LogP contribution in [0.4, 0.5) is 4.39 Å². The van der Waals surface area contributed by atoms with Crippen LogP contribution < -0.4 is 15.4 Å². The fraction of sp³-hybridized carbons (Fsp3) is 0.588. The monoisotopic (exact) mass is 453 g/mol. The number of rotatable bonds is 10. The molecule has 0 aromatic heterocycles. The number of hydrogen-bond donors (Lipinski definition) is 2. The molecule has 0 heterocycles. The first-order chi connectivity index (χ1) is 11.2. The minimum Gasteiger partial charge on any atom is -0.493 e. The molecule has 1 aromatic carbocycles. The van der Waals surface area contributed by atoms with E-state index in [1.54, 1.807) is 14.2 Å². The van der Waals surface area contributed by atoms with E-state index < -0.39 is 0 Å². The van der Waals surface area contributed by atoms with Crippen molar-refractivity contribution < 1.29 is 13.9 Å². The molecule has 7 heteroatoms. The summed E-state index contributed by atoms with van der Waals surface area (Å²) in [7, 11) is 3.38. The van der Waals surface area contributed by atoms with Gasteiger partial charge in [0.05, 0.1) is 13.3 Å². The fourth-order valence-corrected chi connectivity index (χ4v) is 2.00. The summed E-state index contributed by atoms with van der Waals surface area (Å²) in [6.07, 6.45) is 1.32. The number of alkyl halides is 1. The summed E-state index contributed by atoms with van der Waals surface area (Å²) >= 11 is 0. The maximum Gasteiger partial charge on any atom is 0.191 e. The van der Waals surface area contributed by atoms with Crippen LogP contribution in [0.25, 0.3) is 0 Å². The second-order valence-corrected chi connectivity index (χ2v) is 5.20.